The number of hydrogen-bond donors (Lipinski definition) is 2. The van der Waals surface area contributed by atoms with Crippen molar-refractivity contribution in [1.82, 2.24) is 10.2 Å². The fourth-order valence-electron chi connectivity index (χ4n) is 3.43. The molecule has 2 rings (SSSR count). The summed E-state index contributed by atoms with van der Waals surface area (Å²) in [6.45, 7) is 6.40. The predicted octanol–water partition coefficient (Wildman–Crippen LogP) is 0.916. The van der Waals surface area contributed by atoms with Crippen LogP contribution in [0, 0.1) is 5.41 Å². The zero-order valence-electron chi connectivity index (χ0n) is 11.0. The number of amides is 1. The Morgan fingerprint density at radius 3 is 2.94 bits per heavy atom. The van der Waals surface area contributed by atoms with Gasteiger partial charge < -0.3 is 10.4 Å². The summed E-state index contributed by atoms with van der Waals surface area (Å²) in [4.78, 5) is 13.9. The Morgan fingerprint density at radius 1 is 1.50 bits per heavy atom. The molecule has 0 aromatic carbocycles. The Hall–Kier alpha value is -0.870. The molecule has 0 aromatic rings. The van der Waals surface area contributed by atoms with E-state index in [0.29, 0.717) is 13.1 Å². The third-order valence-electron chi connectivity index (χ3n) is 4.36. The van der Waals surface area contributed by atoms with E-state index in [0.717, 1.165) is 45.2 Å². The Balaban J connectivity index is 1.87. The fourth-order valence-corrected chi connectivity index (χ4v) is 3.43. The number of likely N-dealkylation sites (tertiary alicyclic amines) is 1. The van der Waals surface area contributed by atoms with Crippen LogP contribution in [-0.2, 0) is 4.79 Å². The molecule has 0 unspecified atom stereocenters. The molecule has 2 N–H and O–H groups in total. The minimum atomic E-state index is -0.170. The summed E-state index contributed by atoms with van der Waals surface area (Å²) in [7, 11) is 0. The maximum absolute atomic E-state index is 11.7. The largest absolute Gasteiger partial charge is 0.393 e. The Labute approximate surface area is 109 Å². The Kier molecular flexibility index (Phi) is 4.40. The number of piperidine rings is 1. The van der Waals surface area contributed by atoms with Crippen LogP contribution in [-0.4, -0.2) is 48.2 Å². The lowest BCUT2D eigenvalue weighted by atomic mass is 9.77. The zero-order valence-corrected chi connectivity index (χ0v) is 11.0. The molecule has 1 saturated heterocycles. The van der Waals surface area contributed by atoms with Gasteiger partial charge in [0.15, 0.2) is 0 Å². The normalized spacial score (nSPS) is 32.6. The van der Waals surface area contributed by atoms with E-state index in [9.17, 15) is 9.90 Å². The first-order valence-corrected chi connectivity index (χ1v) is 6.94. The Bertz CT molecular complexity index is 319. The highest BCUT2D eigenvalue weighted by molar-refractivity contribution is 5.78. The highest BCUT2D eigenvalue weighted by atomic mass is 16.3. The highest BCUT2D eigenvalue weighted by Crippen LogP contribution is 2.44. The van der Waals surface area contributed by atoms with Crippen LogP contribution < -0.4 is 5.32 Å². The summed E-state index contributed by atoms with van der Waals surface area (Å²) in [6.07, 6.45) is 6.88. The van der Waals surface area contributed by atoms with Crippen molar-refractivity contribution >= 4 is 5.91 Å². The number of aliphatic hydroxyl groups excluding tert-OH is 1. The van der Waals surface area contributed by atoms with Gasteiger partial charge in [0.1, 0.15) is 0 Å². The molecule has 1 amide bonds. The van der Waals surface area contributed by atoms with Gasteiger partial charge in [-0.05, 0) is 32.2 Å². The SMILES string of the molecule is C=CCNC(=O)CN1CCC[C@@]2(CCC[C@H]2O)C1. The van der Waals surface area contributed by atoms with Crippen LogP contribution in [0.15, 0.2) is 12.7 Å². The van der Waals surface area contributed by atoms with E-state index in [4.69, 9.17) is 0 Å². The quantitative estimate of drug-likeness (QED) is 0.731. The second kappa shape index (κ2) is 5.85. The third kappa shape index (κ3) is 2.93. The van der Waals surface area contributed by atoms with Crippen molar-refractivity contribution in [3.8, 4) is 0 Å². The molecule has 2 fully saturated rings. The van der Waals surface area contributed by atoms with E-state index in [2.05, 4.69) is 16.8 Å². The lowest BCUT2D eigenvalue weighted by Gasteiger charge is -2.42. The van der Waals surface area contributed by atoms with Crippen molar-refractivity contribution in [2.24, 2.45) is 5.41 Å². The van der Waals surface area contributed by atoms with E-state index in [1.807, 2.05) is 0 Å². The second-order valence-corrected chi connectivity index (χ2v) is 5.68. The molecule has 1 heterocycles. The smallest absolute Gasteiger partial charge is 0.234 e. The van der Waals surface area contributed by atoms with Crippen LogP contribution in [0.3, 0.4) is 0 Å². The molecule has 4 heteroatoms. The molecule has 0 aromatic heterocycles. The van der Waals surface area contributed by atoms with Gasteiger partial charge in [0.05, 0.1) is 12.6 Å². The number of carbonyl (C=O) groups is 1. The van der Waals surface area contributed by atoms with Crippen molar-refractivity contribution in [2.45, 2.75) is 38.2 Å². The van der Waals surface area contributed by atoms with Gasteiger partial charge in [-0.2, -0.15) is 0 Å². The predicted molar refractivity (Wildman–Crippen MR) is 71.2 cm³/mol. The molecule has 1 saturated carbocycles. The average Bonchev–Trinajstić information content (AvgIpc) is 2.68. The third-order valence-corrected chi connectivity index (χ3v) is 4.36. The summed E-state index contributed by atoms with van der Waals surface area (Å²) >= 11 is 0. The van der Waals surface area contributed by atoms with Crippen LogP contribution in [0.5, 0.6) is 0 Å². The van der Waals surface area contributed by atoms with Crippen LogP contribution in [0.1, 0.15) is 32.1 Å². The first-order valence-electron chi connectivity index (χ1n) is 6.94. The number of hydrogen-bond acceptors (Lipinski definition) is 3. The summed E-state index contributed by atoms with van der Waals surface area (Å²) < 4.78 is 0. The van der Waals surface area contributed by atoms with Gasteiger partial charge in [-0.3, -0.25) is 9.69 Å². The summed E-state index contributed by atoms with van der Waals surface area (Å²) in [6, 6.07) is 0. The van der Waals surface area contributed by atoms with Gasteiger partial charge in [-0.1, -0.05) is 12.5 Å². The number of carbonyl (C=O) groups excluding carboxylic acids is 1. The molecule has 1 spiro atoms. The standard InChI is InChI=1S/C14H24N2O2/c1-2-8-15-13(18)10-16-9-4-7-14(11-16)6-3-5-12(14)17/h2,12,17H,1,3-11H2,(H,15,18)/t12-,14+/m1/s1. The second-order valence-electron chi connectivity index (χ2n) is 5.68. The van der Waals surface area contributed by atoms with Gasteiger partial charge in [-0.25, -0.2) is 0 Å². The molecule has 2 atom stereocenters. The van der Waals surface area contributed by atoms with Crippen LogP contribution in [0.4, 0.5) is 0 Å². The fraction of sp³-hybridized carbons (Fsp3) is 0.786. The number of nitrogens with one attached hydrogen (secondary N) is 1. The van der Waals surface area contributed by atoms with Crippen LogP contribution in [0.2, 0.25) is 0 Å². The summed E-state index contributed by atoms with van der Waals surface area (Å²) in [5.74, 6) is 0.0550. The Morgan fingerprint density at radius 2 is 2.28 bits per heavy atom. The molecule has 4 nitrogen and oxygen atoms in total. The number of rotatable bonds is 4. The molecule has 1 aliphatic carbocycles. The zero-order chi connectivity index (χ0) is 13.0. The molecule has 0 radical (unpaired) electrons. The number of nitrogens with zero attached hydrogens (tertiary/aromatic N) is 1. The van der Waals surface area contributed by atoms with E-state index in [1.165, 1.54) is 0 Å². The van der Waals surface area contributed by atoms with E-state index < -0.39 is 0 Å². The van der Waals surface area contributed by atoms with Crippen molar-refractivity contribution in [3.05, 3.63) is 12.7 Å². The topological polar surface area (TPSA) is 52.6 Å². The first kappa shape index (κ1) is 13.6. The van der Waals surface area contributed by atoms with Gasteiger partial charge in [-0.15, -0.1) is 6.58 Å². The molecule has 0 bridgehead atoms. The summed E-state index contributed by atoms with van der Waals surface area (Å²) in [5.41, 5.74) is 0.0664. The maximum Gasteiger partial charge on any atom is 0.234 e. The van der Waals surface area contributed by atoms with Gasteiger partial charge >= 0.3 is 0 Å². The van der Waals surface area contributed by atoms with Gasteiger partial charge in [0.2, 0.25) is 5.91 Å². The molecule has 102 valence electrons. The molecule has 2 aliphatic rings. The molecule has 1 aliphatic heterocycles. The number of aliphatic hydroxyl groups is 1. The first-order chi connectivity index (χ1) is 8.66. The summed E-state index contributed by atoms with van der Waals surface area (Å²) in [5, 5.41) is 13.0. The van der Waals surface area contributed by atoms with E-state index >= 15 is 0 Å². The molecular formula is C14H24N2O2. The van der Waals surface area contributed by atoms with Crippen LogP contribution in [0.25, 0.3) is 0 Å². The van der Waals surface area contributed by atoms with Gasteiger partial charge in [0.25, 0.3) is 0 Å². The maximum atomic E-state index is 11.7. The lowest BCUT2D eigenvalue weighted by molar-refractivity contribution is -0.123. The minimum absolute atomic E-state index is 0.0550. The average molecular weight is 252 g/mol. The van der Waals surface area contributed by atoms with Crippen molar-refractivity contribution in [1.29, 1.82) is 0 Å². The van der Waals surface area contributed by atoms with E-state index in [1.54, 1.807) is 6.08 Å². The lowest BCUT2D eigenvalue weighted by Crippen LogP contribution is -2.50. The monoisotopic (exact) mass is 252 g/mol. The van der Waals surface area contributed by atoms with Gasteiger partial charge in [0, 0.05) is 18.5 Å². The van der Waals surface area contributed by atoms with E-state index in [-0.39, 0.29) is 17.4 Å². The van der Waals surface area contributed by atoms with Crippen molar-refractivity contribution in [3.63, 3.8) is 0 Å². The van der Waals surface area contributed by atoms with Crippen LogP contribution >= 0.6 is 0 Å². The molecular weight excluding hydrogens is 228 g/mol. The minimum Gasteiger partial charge on any atom is -0.393 e. The highest BCUT2D eigenvalue weighted by Gasteiger charge is 2.44. The molecule has 18 heavy (non-hydrogen) atoms. The van der Waals surface area contributed by atoms with Crippen molar-refractivity contribution in [2.75, 3.05) is 26.2 Å². The van der Waals surface area contributed by atoms with Crippen molar-refractivity contribution < 1.29 is 9.90 Å².